The van der Waals surface area contributed by atoms with Crippen molar-refractivity contribution < 1.29 is 14.6 Å². The van der Waals surface area contributed by atoms with Crippen molar-refractivity contribution >= 4 is 16.9 Å². The monoisotopic (exact) mass is 277 g/mol. The molecule has 0 bridgehead atoms. The van der Waals surface area contributed by atoms with E-state index in [2.05, 4.69) is 9.84 Å². The van der Waals surface area contributed by atoms with Gasteiger partial charge in [0.15, 0.2) is 6.10 Å². The van der Waals surface area contributed by atoms with Gasteiger partial charge >= 0.3 is 5.97 Å². The second-order valence-corrected chi connectivity index (χ2v) is 4.36. The van der Waals surface area contributed by atoms with E-state index in [-0.39, 0.29) is 0 Å². The predicted octanol–water partition coefficient (Wildman–Crippen LogP) is 1.22. The third kappa shape index (κ3) is 2.34. The molecule has 1 aromatic carbocycles. The Morgan fingerprint density at radius 2 is 2.05 bits per heavy atom. The lowest BCUT2D eigenvalue weighted by atomic mass is 10.1. The minimum atomic E-state index is -1.35. The van der Waals surface area contributed by atoms with Crippen molar-refractivity contribution in [3.8, 4) is 0 Å². The van der Waals surface area contributed by atoms with Crippen molar-refractivity contribution in [1.29, 1.82) is 0 Å². The van der Waals surface area contributed by atoms with Gasteiger partial charge in [-0.05, 0) is 19.9 Å². The van der Waals surface area contributed by atoms with Gasteiger partial charge in [-0.1, -0.05) is 18.2 Å². The molecule has 1 aromatic heterocycles. The third-order valence-electron chi connectivity index (χ3n) is 3.28. The van der Waals surface area contributed by atoms with Gasteiger partial charge in [-0.15, -0.1) is 0 Å². The number of nitrogens with zero attached hydrogens (tertiary/aromatic N) is 3. The average molecular weight is 277 g/mol. The van der Waals surface area contributed by atoms with E-state index in [1.807, 2.05) is 43.1 Å². The second-order valence-electron chi connectivity index (χ2n) is 4.36. The number of esters is 1. The molecular weight excluding hydrogens is 258 g/mol. The number of methoxy groups -OCH3 is 1. The first-order valence-electron chi connectivity index (χ1n) is 6.62. The summed E-state index contributed by atoms with van der Waals surface area (Å²) in [5, 5.41) is 17.4. The highest BCUT2D eigenvalue weighted by atomic mass is 16.5. The number of benzene rings is 1. The number of rotatable bonds is 5. The highest BCUT2D eigenvalue weighted by Gasteiger charge is 2.27. The highest BCUT2D eigenvalue weighted by Crippen LogP contribution is 2.25. The molecule has 2 rings (SSSR count). The van der Waals surface area contributed by atoms with Gasteiger partial charge in [0.25, 0.3) is 0 Å². The fourth-order valence-corrected chi connectivity index (χ4v) is 2.23. The molecule has 0 aliphatic heterocycles. The summed E-state index contributed by atoms with van der Waals surface area (Å²) in [7, 11) is 1.26. The van der Waals surface area contributed by atoms with Crippen LogP contribution in [-0.4, -0.2) is 41.2 Å². The first-order chi connectivity index (χ1) is 9.63. The van der Waals surface area contributed by atoms with Crippen LogP contribution in [0.15, 0.2) is 24.3 Å². The van der Waals surface area contributed by atoms with Crippen LogP contribution in [0.3, 0.4) is 0 Å². The van der Waals surface area contributed by atoms with Gasteiger partial charge < -0.3 is 9.84 Å². The molecule has 1 N–H and O–H groups in total. The maximum atomic E-state index is 11.7. The highest BCUT2D eigenvalue weighted by molar-refractivity contribution is 5.87. The Kier molecular flexibility index (Phi) is 4.24. The number of hydrogen-bond acceptors (Lipinski definition) is 5. The van der Waals surface area contributed by atoms with Crippen LogP contribution in [0.25, 0.3) is 10.9 Å². The smallest absolute Gasteiger partial charge is 0.341 e. The second kappa shape index (κ2) is 5.92. The van der Waals surface area contributed by atoms with Gasteiger partial charge in [0, 0.05) is 18.5 Å². The number of fused-ring (bicyclic) bond motifs is 1. The first-order valence-corrected chi connectivity index (χ1v) is 6.62. The summed E-state index contributed by atoms with van der Waals surface area (Å²) in [6.45, 7) is 5.41. The maximum absolute atomic E-state index is 11.7. The van der Waals surface area contributed by atoms with Gasteiger partial charge in [0.1, 0.15) is 5.69 Å². The average Bonchev–Trinajstić information content (AvgIpc) is 2.86. The van der Waals surface area contributed by atoms with E-state index >= 15 is 0 Å². The minimum Gasteiger partial charge on any atom is -0.467 e. The summed E-state index contributed by atoms with van der Waals surface area (Å²) in [5.41, 5.74) is 1.17. The summed E-state index contributed by atoms with van der Waals surface area (Å²) in [6.07, 6.45) is -1.35. The molecule has 6 nitrogen and oxygen atoms in total. The van der Waals surface area contributed by atoms with Crippen LogP contribution in [0.1, 0.15) is 25.6 Å². The van der Waals surface area contributed by atoms with Gasteiger partial charge in [-0.25, -0.2) is 4.79 Å². The summed E-state index contributed by atoms with van der Waals surface area (Å²) < 4.78 is 4.64. The summed E-state index contributed by atoms with van der Waals surface area (Å²) in [4.78, 5) is 13.3. The van der Waals surface area contributed by atoms with Crippen LogP contribution in [0.5, 0.6) is 0 Å². The van der Waals surface area contributed by atoms with Crippen LogP contribution in [0, 0.1) is 0 Å². The molecule has 1 unspecified atom stereocenters. The SMILES string of the molecule is CCN(CC)n1nc2ccccc2c1C(O)C(=O)OC. The number of carbonyl (C=O) groups excluding carboxylic acids is 1. The van der Waals surface area contributed by atoms with Crippen molar-refractivity contribution in [2.45, 2.75) is 20.0 Å². The van der Waals surface area contributed by atoms with Gasteiger partial charge in [-0.3, -0.25) is 5.01 Å². The van der Waals surface area contributed by atoms with E-state index in [9.17, 15) is 9.90 Å². The van der Waals surface area contributed by atoms with E-state index < -0.39 is 12.1 Å². The van der Waals surface area contributed by atoms with Crippen LogP contribution in [-0.2, 0) is 9.53 Å². The molecule has 20 heavy (non-hydrogen) atoms. The molecule has 0 spiro atoms. The molecule has 0 fully saturated rings. The molecule has 6 heteroatoms. The van der Waals surface area contributed by atoms with E-state index in [1.165, 1.54) is 7.11 Å². The Morgan fingerprint density at radius 1 is 1.40 bits per heavy atom. The number of aliphatic hydroxyl groups is 1. The Hall–Kier alpha value is -2.08. The van der Waals surface area contributed by atoms with Gasteiger partial charge in [-0.2, -0.15) is 9.89 Å². The number of carbonyl (C=O) groups is 1. The number of aliphatic hydroxyl groups excluding tert-OH is 1. The van der Waals surface area contributed by atoms with Crippen molar-refractivity contribution in [3.63, 3.8) is 0 Å². The topological polar surface area (TPSA) is 67.6 Å². The molecular formula is C14H19N3O3. The zero-order valence-electron chi connectivity index (χ0n) is 11.9. The lowest BCUT2D eigenvalue weighted by Gasteiger charge is -2.24. The molecule has 0 radical (unpaired) electrons. The standard InChI is InChI=1S/C14H19N3O3/c1-4-16(5-2)17-12(13(18)14(19)20-3)10-8-6-7-9-11(10)15-17/h6-9,13,18H,4-5H2,1-3H3. The molecule has 0 saturated carbocycles. The normalized spacial score (nSPS) is 12.4. The molecule has 0 aliphatic rings. The summed E-state index contributed by atoms with van der Waals surface area (Å²) in [6, 6.07) is 7.41. The first kappa shape index (κ1) is 14.3. The summed E-state index contributed by atoms with van der Waals surface area (Å²) >= 11 is 0. The Labute approximate surface area is 117 Å². The Morgan fingerprint density at radius 3 is 2.65 bits per heavy atom. The number of hydrogen-bond donors (Lipinski definition) is 1. The molecule has 1 heterocycles. The fourth-order valence-electron chi connectivity index (χ4n) is 2.23. The van der Waals surface area contributed by atoms with Crippen LogP contribution in [0.4, 0.5) is 0 Å². The largest absolute Gasteiger partial charge is 0.467 e. The quantitative estimate of drug-likeness (QED) is 0.832. The van der Waals surface area contributed by atoms with Crippen molar-refractivity contribution in [1.82, 2.24) is 9.89 Å². The van der Waals surface area contributed by atoms with E-state index in [1.54, 1.807) is 4.79 Å². The van der Waals surface area contributed by atoms with Gasteiger partial charge in [0.2, 0.25) is 0 Å². The molecule has 0 saturated heterocycles. The van der Waals surface area contributed by atoms with E-state index in [0.29, 0.717) is 18.8 Å². The lowest BCUT2D eigenvalue weighted by Crippen LogP contribution is -2.37. The summed E-state index contributed by atoms with van der Waals surface area (Å²) in [5.74, 6) is -0.691. The minimum absolute atomic E-state index is 0.441. The fraction of sp³-hybridized carbons (Fsp3) is 0.429. The molecule has 108 valence electrons. The lowest BCUT2D eigenvalue weighted by molar-refractivity contribution is -0.151. The molecule has 0 amide bonds. The van der Waals surface area contributed by atoms with Crippen LogP contribution in [0.2, 0.25) is 0 Å². The van der Waals surface area contributed by atoms with Crippen molar-refractivity contribution in [2.75, 3.05) is 25.2 Å². The number of aromatic nitrogens is 2. The molecule has 0 aliphatic carbocycles. The van der Waals surface area contributed by atoms with Crippen LogP contribution < -0.4 is 5.01 Å². The third-order valence-corrected chi connectivity index (χ3v) is 3.28. The zero-order valence-corrected chi connectivity index (χ0v) is 11.9. The van der Waals surface area contributed by atoms with E-state index in [4.69, 9.17) is 0 Å². The van der Waals surface area contributed by atoms with Crippen molar-refractivity contribution in [3.05, 3.63) is 30.0 Å². The molecule has 1 atom stereocenters. The van der Waals surface area contributed by atoms with Crippen molar-refractivity contribution in [2.24, 2.45) is 0 Å². The van der Waals surface area contributed by atoms with Crippen LogP contribution >= 0.6 is 0 Å². The Bertz CT molecular complexity index is 605. The predicted molar refractivity (Wildman–Crippen MR) is 76.0 cm³/mol. The molecule has 2 aromatic rings. The maximum Gasteiger partial charge on any atom is 0.341 e. The van der Waals surface area contributed by atoms with Gasteiger partial charge in [0.05, 0.1) is 12.6 Å². The number of ether oxygens (including phenoxy) is 1. The van der Waals surface area contributed by atoms with E-state index in [0.717, 1.165) is 10.9 Å². The Balaban J connectivity index is 2.64. The zero-order chi connectivity index (χ0) is 14.7.